The van der Waals surface area contributed by atoms with Gasteiger partial charge in [0.25, 0.3) is 5.91 Å². The third-order valence-electron chi connectivity index (χ3n) is 6.96. The van der Waals surface area contributed by atoms with Crippen molar-refractivity contribution in [1.29, 1.82) is 0 Å². The Bertz CT molecular complexity index is 1700. The van der Waals surface area contributed by atoms with Crippen LogP contribution in [0.4, 0.5) is 18.9 Å². The van der Waals surface area contributed by atoms with Crippen LogP contribution in [0, 0.1) is 13.8 Å². The molecule has 0 radical (unpaired) electrons. The Morgan fingerprint density at radius 3 is 2.46 bits per heavy atom. The number of halogens is 3. The van der Waals surface area contributed by atoms with Gasteiger partial charge in [-0.1, -0.05) is 42.5 Å². The van der Waals surface area contributed by atoms with Crippen LogP contribution in [0.15, 0.2) is 85.1 Å². The highest BCUT2D eigenvalue weighted by molar-refractivity contribution is 6.05. The number of pyridine rings is 1. The molecule has 1 amide bonds. The van der Waals surface area contributed by atoms with Crippen molar-refractivity contribution < 1.29 is 22.7 Å². The number of carbonyl (C=O) groups is 1. The number of anilines is 1. The van der Waals surface area contributed by atoms with Gasteiger partial charge in [0.1, 0.15) is 5.69 Å². The lowest BCUT2D eigenvalue weighted by atomic mass is 10.0. The summed E-state index contributed by atoms with van der Waals surface area (Å²) in [6.07, 6.45) is -2.82. The van der Waals surface area contributed by atoms with Gasteiger partial charge in [-0.2, -0.15) is 18.3 Å². The number of benzene rings is 3. The van der Waals surface area contributed by atoms with Gasteiger partial charge in [-0.15, -0.1) is 0 Å². The van der Waals surface area contributed by atoms with E-state index in [0.717, 1.165) is 34.5 Å². The number of aryl methyl sites for hydroxylation is 2. The van der Waals surface area contributed by atoms with Gasteiger partial charge in [-0.25, -0.2) is 4.98 Å². The summed E-state index contributed by atoms with van der Waals surface area (Å²) < 4.78 is 47.1. The molecule has 0 N–H and O–H groups in total. The zero-order valence-corrected chi connectivity index (χ0v) is 22.9. The largest absolute Gasteiger partial charge is 0.416 e. The average molecular weight is 559 g/mol. The first kappa shape index (κ1) is 28.0. The molecule has 2 aromatic heterocycles. The highest BCUT2D eigenvalue weighted by atomic mass is 19.4. The van der Waals surface area contributed by atoms with Crippen LogP contribution >= 0.6 is 0 Å². The second-order valence-corrected chi connectivity index (χ2v) is 9.90. The molecule has 0 spiro atoms. The third-order valence-corrected chi connectivity index (χ3v) is 6.96. The quantitative estimate of drug-likeness (QED) is 0.189. The first-order chi connectivity index (χ1) is 19.6. The fourth-order valence-corrected chi connectivity index (χ4v) is 4.82. The summed E-state index contributed by atoms with van der Waals surface area (Å²) in [5.74, 6) is -0.207. The fourth-order valence-electron chi connectivity index (χ4n) is 4.82. The fraction of sp³-hybridized carbons (Fsp3) is 0.219. The van der Waals surface area contributed by atoms with E-state index in [0.29, 0.717) is 47.6 Å². The first-order valence-electron chi connectivity index (χ1n) is 13.1. The van der Waals surface area contributed by atoms with Gasteiger partial charge < -0.3 is 9.64 Å². The molecule has 0 aliphatic heterocycles. The molecule has 3 aromatic carbocycles. The van der Waals surface area contributed by atoms with E-state index >= 15 is 0 Å². The predicted molar refractivity (Wildman–Crippen MR) is 153 cm³/mol. The summed E-state index contributed by atoms with van der Waals surface area (Å²) in [6, 6.07) is 22.8. The Balaban J connectivity index is 1.30. The normalized spacial score (nSPS) is 11.7. The zero-order valence-electron chi connectivity index (χ0n) is 22.9. The highest BCUT2D eigenvalue weighted by Crippen LogP contribution is 2.34. The zero-order chi connectivity index (χ0) is 29.1. The summed E-state index contributed by atoms with van der Waals surface area (Å²) >= 11 is 0. The number of hydrogen-bond donors (Lipinski definition) is 0. The molecule has 0 unspecified atom stereocenters. The monoisotopic (exact) mass is 558 g/mol. The van der Waals surface area contributed by atoms with Gasteiger partial charge in [0.2, 0.25) is 0 Å². The molecule has 41 heavy (non-hydrogen) atoms. The molecular weight excluding hydrogens is 529 g/mol. The minimum Gasteiger partial charge on any atom is -0.375 e. The van der Waals surface area contributed by atoms with Gasteiger partial charge in [-0.05, 0) is 66.9 Å². The van der Waals surface area contributed by atoms with Crippen molar-refractivity contribution >= 4 is 22.5 Å². The van der Waals surface area contributed by atoms with E-state index in [-0.39, 0.29) is 5.91 Å². The van der Waals surface area contributed by atoms with Gasteiger partial charge >= 0.3 is 6.18 Å². The second kappa shape index (κ2) is 11.5. The average Bonchev–Trinajstić information content (AvgIpc) is 3.43. The third kappa shape index (κ3) is 6.15. The molecule has 9 heteroatoms. The molecule has 0 saturated carbocycles. The topological polar surface area (TPSA) is 60.2 Å². The number of hydrogen-bond acceptors (Lipinski definition) is 4. The van der Waals surface area contributed by atoms with E-state index in [4.69, 9.17) is 4.74 Å². The van der Waals surface area contributed by atoms with Gasteiger partial charge in [0, 0.05) is 29.9 Å². The number of ether oxygens (including phenoxy) is 1. The molecule has 2 heterocycles. The lowest BCUT2D eigenvalue weighted by molar-refractivity contribution is -0.137. The van der Waals surface area contributed by atoms with Crippen molar-refractivity contribution in [3.8, 4) is 11.3 Å². The maximum Gasteiger partial charge on any atom is 0.416 e. The van der Waals surface area contributed by atoms with Crippen molar-refractivity contribution in [3.63, 3.8) is 0 Å². The summed E-state index contributed by atoms with van der Waals surface area (Å²) in [6.45, 7) is 4.86. The lowest BCUT2D eigenvalue weighted by Crippen LogP contribution is -2.29. The standard InChI is InChI=1S/C32H29F3N4O2/c1-21-17-24(27-11-9-25-19-26(32(33,34)35)18-22(2)30(25)37-27)10-12-28(21)38(3)31(40)29-13-14-36-39(29)15-16-41-20-23-7-5-4-6-8-23/h4-14,17-19H,15-16,20H2,1-3H3. The number of alkyl halides is 3. The van der Waals surface area contributed by atoms with Crippen molar-refractivity contribution in [3.05, 3.63) is 113 Å². The van der Waals surface area contributed by atoms with E-state index < -0.39 is 11.7 Å². The Labute approximate surface area is 236 Å². The molecule has 6 nitrogen and oxygen atoms in total. The minimum absolute atomic E-state index is 0.207. The number of amides is 1. The Morgan fingerprint density at radius 1 is 0.951 bits per heavy atom. The molecular formula is C32H29F3N4O2. The van der Waals surface area contributed by atoms with Gasteiger partial charge in [0.15, 0.2) is 0 Å². The van der Waals surface area contributed by atoms with E-state index in [1.165, 1.54) is 0 Å². The van der Waals surface area contributed by atoms with Crippen molar-refractivity contribution in [2.75, 3.05) is 18.6 Å². The molecule has 0 saturated heterocycles. The number of aromatic nitrogens is 3. The molecule has 0 fully saturated rings. The van der Waals surface area contributed by atoms with Crippen LogP contribution in [0.3, 0.4) is 0 Å². The molecule has 210 valence electrons. The Hall–Kier alpha value is -4.50. The Kier molecular flexibility index (Phi) is 7.90. The van der Waals surface area contributed by atoms with E-state index in [1.54, 1.807) is 47.9 Å². The van der Waals surface area contributed by atoms with Crippen LogP contribution < -0.4 is 4.90 Å². The maximum atomic E-state index is 13.4. The lowest BCUT2D eigenvalue weighted by Gasteiger charge is -2.21. The number of fused-ring (bicyclic) bond motifs is 1. The Morgan fingerprint density at radius 2 is 1.73 bits per heavy atom. The maximum absolute atomic E-state index is 13.4. The molecule has 0 aliphatic carbocycles. The van der Waals surface area contributed by atoms with Gasteiger partial charge in [0.05, 0.1) is 36.5 Å². The summed E-state index contributed by atoms with van der Waals surface area (Å²) in [5, 5.41) is 4.74. The smallest absolute Gasteiger partial charge is 0.375 e. The number of rotatable bonds is 8. The predicted octanol–water partition coefficient (Wildman–Crippen LogP) is 7.23. The van der Waals surface area contributed by atoms with Crippen LogP contribution in [0.25, 0.3) is 22.2 Å². The molecule has 5 rings (SSSR count). The first-order valence-corrected chi connectivity index (χ1v) is 13.1. The van der Waals surface area contributed by atoms with Crippen LogP contribution in [-0.4, -0.2) is 34.3 Å². The summed E-state index contributed by atoms with van der Waals surface area (Å²) in [4.78, 5) is 19.6. The molecule has 5 aromatic rings. The van der Waals surface area contributed by atoms with E-state index in [2.05, 4.69) is 10.1 Å². The molecule has 0 bridgehead atoms. The second-order valence-electron chi connectivity index (χ2n) is 9.90. The van der Waals surface area contributed by atoms with Crippen LogP contribution in [0.2, 0.25) is 0 Å². The van der Waals surface area contributed by atoms with Crippen LogP contribution in [0.5, 0.6) is 0 Å². The molecule has 0 aliphatic rings. The SMILES string of the molecule is Cc1cc(-c2ccc3cc(C(F)(F)F)cc(C)c3n2)ccc1N(C)C(=O)c1ccnn1CCOCc1ccccc1. The number of nitrogens with zero attached hydrogens (tertiary/aromatic N) is 4. The number of carbonyl (C=O) groups excluding carboxylic acids is 1. The van der Waals surface area contributed by atoms with E-state index in [1.807, 2.05) is 55.5 Å². The van der Waals surface area contributed by atoms with E-state index in [9.17, 15) is 18.0 Å². The van der Waals surface area contributed by atoms with Crippen molar-refractivity contribution in [2.24, 2.45) is 0 Å². The molecule has 0 atom stereocenters. The van der Waals surface area contributed by atoms with Crippen molar-refractivity contribution in [1.82, 2.24) is 14.8 Å². The van der Waals surface area contributed by atoms with Crippen LogP contribution in [0.1, 0.15) is 32.7 Å². The van der Waals surface area contributed by atoms with Crippen LogP contribution in [-0.2, 0) is 24.1 Å². The minimum atomic E-state index is -4.41. The summed E-state index contributed by atoms with van der Waals surface area (Å²) in [5.41, 5.74) is 4.82. The summed E-state index contributed by atoms with van der Waals surface area (Å²) in [7, 11) is 1.71. The highest BCUT2D eigenvalue weighted by Gasteiger charge is 2.31. The van der Waals surface area contributed by atoms with Crippen molar-refractivity contribution in [2.45, 2.75) is 33.2 Å². The van der Waals surface area contributed by atoms with Gasteiger partial charge in [-0.3, -0.25) is 9.48 Å².